The van der Waals surface area contributed by atoms with Gasteiger partial charge in [0.15, 0.2) is 0 Å². The van der Waals surface area contributed by atoms with Crippen molar-refractivity contribution in [1.29, 1.82) is 0 Å². The van der Waals surface area contributed by atoms with Crippen molar-refractivity contribution in [1.82, 2.24) is 0 Å². The van der Waals surface area contributed by atoms with Crippen molar-refractivity contribution in [2.45, 2.75) is 19.3 Å². The highest BCUT2D eigenvalue weighted by atomic mass is 127. The zero-order valence-corrected chi connectivity index (χ0v) is 13.1. The normalized spacial score (nSPS) is 15.6. The number of hydrogen-bond donors (Lipinski definition) is 0. The van der Waals surface area contributed by atoms with Gasteiger partial charge in [0.05, 0.1) is 0 Å². The standard InChI is InChI=1S/C18H13IO/c19-18-3-1-2-13-14-7-5-11-4-6-12(20)10-17(11)15(14)8-9-16(13)18/h1-5,7,9H,6,8,10H2. The molecule has 1 nitrogen and oxygen atoms in total. The lowest BCUT2D eigenvalue weighted by Crippen LogP contribution is -2.24. The van der Waals surface area contributed by atoms with Crippen LogP contribution in [0.4, 0.5) is 0 Å². The molecule has 2 heteroatoms. The van der Waals surface area contributed by atoms with Crippen LogP contribution in [0.3, 0.4) is 0 Å². The summed E-state index contributed by atoms with van der Waals surface area (Å²) in [5.41, 5.74) is 2.60. The molecular weight excluding hydrogens is 359 g/mol. The van der Waals surface area contributed by atoms with E-state index in [4.69, 9.17) is 0 Å². The van der Waals surface area contributed by atoms with Gasteiger partial charge in [0.25, 0.3) is 0 Å². The molecule has 0 aliphatic heterocycles. The molecule has 0 amide bonds. The van der Waals surface area contributed by atoms with Gasteiger partial charge in [0.1, 0.15) is 5.78 Å². The number of ketones is 1. The number of rotatable bonds is 0. The number of Topliss-reactive ketones (excluding diaryl/α,β-unsaturated/α-hetero) is 1. The van der Waals surface area contributed by atoms with E-state index < -0.39 is 0 Å². The zero-order valence-electron chi connectivity index (χ0n) is 10.9. The Morgan fingerprint density at radius 2 is 1.80 bits per heavy atom. The van der Waals surface area contributed by atoms with Crippen molar-refractivity contribution >= 4 is 40.5 Å². The van der Waals surface area contributed by atoms with Crippen LogP contribution in [0.5, 0.6) is 0 Å². The first-order chi connectivity index (χ1) is 9.74. The van der Waals surface area contributed by atoms with Crippen LogP contribution in [0, 0.1) is 14.0 Å². The van der Waals surface area contributed by atoms with E-state index in [0.29, 0.717) is 18.6 Å². The summed E-state index contributed by atoms with van der Waals surface area (Å²) in [6.45, 7) is 0. The molecule has 4 rings (SSSR count). The maximum Gasteiger partial charge on any atom is 0.141 e. The summed E-state index contributed by atoms with van der Waals surface area (Å²) >= 11 is 2.40. The first-order valence-corrected chi connectivity index (χ1v) is 7.93. The van der Waals surface area contributed by atoms with Gasteiger partial charge in [-0.2, -0.15) is 0 Å². The van der Waals surface area contributed by atoms with Crippen LogP contribution in [0.25, 0.3) is 12.2 Å². The van der Waals surface area contributed by atoms with Gasteiger partial charge in [-0.1, -0.05) is 36.4 Å². The quantitative estimate of drug-likeness (QED) is 0.649. The van der Waals surface area contributed by atoms with Crippen molar-refractivity contribution in [2.75, 3.05) is 0 Å². The van der Waals surface area contributed by atoms with E-state index in [1.807, 2.05) is 0 Å². The van der Waals surface area contributed by atoms with E-state index in [9.17, 15) is 4.79 Å². The second-order valence-corrected chi connectivity index (χ2v) is 6.55. The second kappa shape index (κ2) is 4.55. The predicted octanol–water partition coefficient (Wildman–Crippen LogP) is 2.21. The Balaban J connectivity index is 2.21. The van der Waals surface area contributed by atoms with Crippen LogP contribution in [-0.2, 0) is 17.6 Å². The van der Waals surface area contributed by atoms with Crippen molar-refractivity contribution in [3.63, 3.8) is 0 Å². The van der Waals surface area contributed by atoms with Crippen molar-refractivity contribution < 1.29 is 4.79 Å². The number of carbonyl (C=O) groups is 1. The summed E-state index contributed by atoms with van der Waals surface area (Å²) in [6, 6.07) is 10.8. The molecule has 0 fully saturated rings. The van der Waals surface area contributed by atoms with Gasteiger partial charge in [-0.15, -0.1) is 0 Å². The third-order valence-corrected chi connectivity index (χ3v) is 5.19. The monoisotopic (exact) mass is 372 g/mol. The van der Waals surface area contributed by atoms with E-state index in [0.717, 1.165) is 6.42 Å². The molecule has 0 atom stereocenters. The van der Waals surface area contributed by atoms with Crippen molar-refractivity contribution in [3.05, 3.63) is 65.9 Å². The average molecular weight is 372 g/mol. The summed E-state index contributed by atoms with van der Waals surface area (Å²) in [7, 11) is 0. The van der Waals surface area contributed by atoms with E-state index in [1.165, 1.54) is 35.6 Å². The molecule has 2 aliphatic carbocycles. The average Bonchev–Trinajstić information content (AvgIpc) is 2.47. The molecule has 2 aromatic carbocycles. The van der Waals surface area contributed by atoms with Crippen LogP contribution in [0.2, 0.25) is 0 Å². The third kappa shape index (κ3) is 1.78. The Hall–Kier alpha value is -1.42. The van der Waals surface area contributed by atoms with Gasteiger partial charge >= 0.3 is 0 Å². The summed E-state index contributed by atoms with van der Waals surface area (Å²) in [5, 5.41) is 5.21. The molecule has 0 saturated carbocycles. The topological polar surface area (TPSA) is 17.1 Å². The number of halogens is 1. The third-order valence-electron chi connectivity index (χ3n) is 4.24. The molecule has 0 bridgehead atoms. The smallest absolute Gasteiger partial charge is 0.141 e. The first kappa shape index (κ1) is 12.3. The van der Waals surface area contributed by atoms with Crippen LogP contribution in [0.1, 0.15) is 17.5 Å². The molecule has 0 N–H and O–H groups in total. The van der Waals surface area contributed by atoms with E-state index in [2.05, 4.69) is 65.1 Å². The number of carbonyl (C=O) groups excluding carboxylic acids is 1. The molecule has 0 aromatic heterocycles. The van der Waals surface area contributed by atoms with Gasteiger partial charge in [-0.25, -0.2) is 0 Å². The Bertz CT molecular complexity index is 954. The fourth-order valence-electron chi connectivity index (χ4n) is 3.27. The second-order valence-electron chi connectivity index (χ2n) is 5.39. The van der Waals surface area contributed by atoms with Crippen LogP contribution < -0.4 is 10.4 Å². The van der Waals surface area contributed by atoms with Gasteiger partial charge in [0, 0.05) is 16.4 Å². The molecule has 0 saturated heterocycles. The molecule has 98 valence electrons. The SMILES string of the molecule is O=C1CC=c2ccc3c(c2C1)CC=c1c(I)cccc1=3. The molecule has 0 spiro atoms. The summed E-state index contributed by atoms with van der Waals surface area (Å²) < 4.78 is 1.30. The molecule has 2 aromatic rings. The minimum absolute atomic E-state index is 0.333. The maximum atomic E-state index is 11.8. The Morgan fingerprint density at radius 3 is 2.70 bits per heavy atom. The molecule has 20 heavy (non-hydrogen) atoms. The highest BCUT2D eigenvalue weighted by Gasteiger charge is 2.15. The minimum Gasteiger partial charge on any atom is -0.299 e. The fourth-order valence-corrected chi connectivity index (χ4v) is 3.99. The zero-order chi connectivity index (χ0) is 13.7. The molecule has 0 unspecified atom stereocenters. The highest BCUT2D eigenvalue weighted by molar-refractivity contribution is 14.1. The van der Waals surface area contributed by atoms with Gasteiger partial charge in [-0.05, 0) is 67.1 Å². The molecule has 2 aliphatic rings. The van der Waals surface area contributed by atoms with Crippen LogP contribution >= 0.6 is 22.6 Å². The van der Waals surface area contributed by atoms with Crippen LogP contribution in [-0.4, -0.2) is 5.78 Å². The van der Waals surface area contributed by atoms with E-state index in [-0.39, 0.29) is 0 Å². The number of benzene rings is 2. The van der Waals surface area contributed by atoms with E-state index in [1.54, 1.807) is 0 Å². The minimum atomic E-state index is 0.333. The number of hydrogen-bond acceptors (Lipinski definition) is 1. The van der Waals surface area contributed by atoms with Gasteiger partial charge in [0.2, 0.25) is 0 Å². The Labute approximate surface area is 130 Å². The summed E-state index contributed by atoms with van der Waals surface area (Å²) in [4.78, 5) is 11.8. The fraction of sp³-hybridized carbons (Fsp3) is 0.167. The predicted molar refractivity (Wildman–Crippen MR) is 88.5 cm³/mol. The first-order valence-electron chi connectivity index (χ1n) is 6.86. The highest BCUT2D eigenvalue weighted by Crippen LogP contribution is 2.17. The molecule has 0 heterocycles. The lowest BCUT2D eigenvalue weighted by Gasteiger charge is -2.16. The van der Waals surface area contributed by atoms with Crippen molar-refractivity contribution in [3.8, 4) is 0 Å². The Kier molecular flexibility index (Phi) is 2.81. The number of fused-ring (bicyclic) bond motifs is 4. The Morgan fingerprint density at radius 1 is 0.900 bits per heavy atom. The largest absolute Gasteiger partial charge is 0.299 e. The summed E-state index contributed by atoms with van der Waals surface area (Å²) in [5.74, 6) is 0.333. The molecular formula is C18H13IO. The van der Waals surface area contributed by atoms with E-state index >= 15 is 0 Å². The summed E-state index contributed by atoms with van der Waals surface area (Å²) in [6.07, 6.45) is 6.50. The van der Waals surface area contributed by atoms with Gasteiger partial charge in [-0.3, -0.25) is 4.79 Å². The van der Waals surface area contributed by atoms with Crippen molar-refractivity contribution in [2.24, 2.45) is 0 Å². The molecule has 0 radical (unpaired) electrons. The maximum absolute atomic E-state index is 11.8. The van der Waals surface area contributed by atoms with Crippen LogP contribution in [0.15, 0.2) is 30.3 Å². The lowest BCUT2D eigenvalue weighted by atomic mass is 9.88. The van der Waals surface area contributed by atoms with Gasteiger partial charge < -0.3 is 0 Å². The lowest BCUT2D eigenvalue weighted by molar-refractivity contribution is -0.117.